The fraction of sp³-hybridized carbons (Fsp3) is 0.533. The molecule has 23 heavy (non-hydrogen) atoms. The molecular weight excluding hydrogens is 380 g/mol. The first-order valence-electron chi connectivity index (χ1n) is 7.53. The van der Waals surface area contributed by atoms with Crippen LogP contribution in [0, 0.1) is 16.7 Å². The Morgan fingerprint density at radius 2 is 2.22 bits per heavy atom. The molecule has 1 aromatic rings. The van der Waals surface area contributed by atoms with E-state index in [9.17, 15) is 8.42 Å². The highest BCUT2D eigenvalue weighted by Crippen LogP contribution is 2.29. The van der Waals surface area contributed by atoms with Crippen LogP contribution in [0.4, 0.5) is 0 Å². The lowest BCUT2D eigenvalue weighted by Crippen LogP contribution is -2.47. The van der Waals surface area contributed by atoms with Crippen molar-refractivity contribution in [3.8, 4) is 0 Å². The second kappa shape index (κ2) is 7.19. The standard InChI is InChI=1S/C15H21BrN4O2S/c1-3-14-12(16)7-10(9-19-14)23(21,22)20(2)15-6-4-5-13(18)11(15)8-17/h7-9,11,15,17-18H,3-6H2,1-2H3. The zero-order valence-electron chi connectivity index (χ0n) is 13.2. The van der Waals surface area contributed by atoms with E-state index in [1.54, 1.807) is 6.07 Å². The maximum atomic E-state index is 12.9. The van der Waals surface area contributed by atoms with E-state index in [4.69, 9.17) is 10.8 Å². The van der Waals surface area contributed by atoms with Gasteiger partial charge < -0.3 is 10.8 Å². The van der Waals surface area contributed by atoms with E-state index >= 15 is 0 Å². The van der Waals surface area contributed by atoms with Crippen molar-refractivity contribution in [2.75, 3.05) is 7.05 Å². The van der Waals surface area contributed by atoms with Gasteiger partial charge in [-0.3, -0.25) is 4.98 Å². The number of rotatable bonds is 5. The molecular formula is C15H21BrN4O2S. The first-order chi connectivity index (χ1) is 10.8. The molecule has 0 aliphatic heterocycles. The maximum Gasteiger partial charge on any atom is 0.244 e. The van der Waals surface area contributed by atoms with E-state index < -0.39 is 15.9 Å². The molecule has 126 valence electrons. The molecule has 2 unspecified atom stereocenters. The van der Waals surface area contributed by atoms with Gasteiger partial charge in [-0.1, -0.05) is 6.92 Å². The van der Waals surface area contributed by atoms with Gasteiger partial charge in [0.25, 0.3) is 0 Å². The molecule has 2 atom stereocenters. The largest absolute Gasteiger partial charge is 0.312 e. The molecule has 1 heterocycles. The molecule has 1 aromatic heterocycles. The van der Waals surface area contributed by atoms with E-state index in [2.05, 4.69) is 20.9 Å². The monoisotopic (exact) mass is 400 g/mol. The molecule has 0 radical (unpaired) electrons. The number of hydrogen-bond acceptors (Lipinski definition) is 5. The van der Waals surface area contributed by atoms with Crippen molar-refractivity contribution in [2.24, 2.45) is 5.92 Å². The molecule has 0 aromatic carbocycles. The van der Waals surface area contributed by atoms with Crippen molar-refractivity contribution in [2.45, 2.75) is 43.5 Å². The predicted octanol–water partition coefficient (Wildman–Crippen LogP) is 2.87. The number of nitrogens with zero attached hydrogens (tertiary/aromatic N) is 2. The number of halogens is 1. The first kappa shape index (κ1) is 18.2. The van der Waals surface area contributed by atoms with Gasteiger partial charge in [0.2, 0.25) is 10.0 Å². The molecule has 0 amide bonds. The number of sulfonamides is 1. The normalized spacial score (nSPS) is 22.3. The Hall–Kier alpha value is -1.12. The predicted molar refractivity (Wildman–Crippen MR) is 93.9 cm³/mol. The highest BCUT2D eigenvalue weighted by Gasteiger charge is 2.36. The van der Waals surface area contributed by atoms with Gasteiger partial charge in [0.1, 0.15) is 4.90 Å². The lowest BCUT2D eigenvalue weighted by molar-refractivity contribution is 0.312. The van der Waals surface area contributed by atoms with Crippen molar-refractivity contribution in [1.82, 2.24) is 9.29 Å². The van der Waals surface area contributed by atoms with Gasteiger partial charge in [-0.15, -0.1) is 0 Å². The highest BCUT2D eigenvalue weighted by molar-refractivity contribution is 9.10. The molecule has 1 aliphatic rings. The number of nitrogens with one attached hydrogen (secondary N) is 2. The van der Waals surface area contributed by atoms with Crippen LogP contribution in [0.25, 0.3) is 0 Å². The molecule has 8 heteroatoms. The van der Waals surface area contributed by atoms with Crippen LogP contribution in [-0.4, -0.2) is 42.7 Å². The summed E-state index contributed by atoms with van der Waals surface area (Å²) < 4.78 is 27.7. The third-order valence-electron chi connectivity index (χ3n) is 4.31. The molecule has 1 aliphatic carbocycles. The summed E-state index contributed by atoms with van der Waals surface area (Å²) in [6.45, 7) is 1.95. The van der Waals surface area contributed by atoms with Gasteiger partial charge in [0.05, 0.1) is 5.69 Å². The Morgan fingerprint density at radius 3 is 2.78 bits per heavy atom. The SMILES string of the molecule is CCc1ncc(S(=O)(=O)N(C)C2CCCC(=N)C2C=N)cc1Br. The number of aromatic nitrogens is 1. The summed E-state index contributed by atoms with van der Waals surface area (Å²) in [4.78, 5) is 4.33. The number of pyridine rings is 1. The minimum atomic E-state index is -3.71. The topological polar surface area (TPSA) is 98.0 Å². The zero-order chi connectivity index (χ0) is 17.2. The summed E-state index contributed by atoms with van der Waals surface area (Å²) in [5.41, 5.74) is 1.24. The lowest BCUT2D eigenvalue weighted by Gasteiger charge is -2.35. The van der Waals surface area contributed by atoms with Crippen LogP contribution in [0.2, 0.25) is 0 Å². The number of aryl methyl sites for hydroxylation is 1. The molecule has 2 rings (SSSR count). The van der Waals surface area contributed by atoms with Crippen molar-refractivity contribution in [1.29, 1.82) is 10.8 Å². The summed E-state index contributed by atoms with van der Waals surface area (Å²) in [6.07, 6.45) is 5.33. The van der Waals surface area contributed by atoms with Gasteiger partial charge in [0, 0.05) is 41.6 Å². The second-order valence-electron chi connectivity index (χ2n) is 5.65. The third kappa shape index (κ3) is 3.54. The van der Waals surface area contributed by atoms with Crippen LogP contribution in [-0.2, 0) is 16.4 Å². The molecule has 1 fully saturated rings. The average Bonchev–Trinajstić information content (AvgIpc) is 2.53. The van der Waals surface area contributed by atoms with Crippen LogP contribution in [0.3, 0.4) is 0 Å². The summed E-state index contributed by atoms with van der Waals surface area (Å²) in [5.74, 6) is -0.449. The van der Waals surface area contributed by atoms with Crippen LogP contribution in [0.1, 0.15) is 31.9 Å². The minimum Gasteiger partial charge on any atom is -0.312 e. The van der Waals surface area contributed by atoms with Crippen molar-refractivity contribution in [3.05, 3.63) is 22.4 Å². The Balaban J connectivity index is 2.36. The van der Waals surface area contributed by atoms with E-state index in [1.807, 2.05) is 6.92 Å². The number of hydrogen-bond donors (Lipinski definition) is 2. The molecule has 0 bridgehead atoms. The van der Waals surface area contributed by atoms with Gasteiger partial charge in [0.15, 0.2) is 0 Å². The fourth-order valence-corrected chi connectivity index (χ4v) is 5.05. The Labute approximate surface area is 145 Å². The van der Waals surface area contributed by atoms with Crippen LogP contribution >= 0.6 is 15.9 Å². The quantitative estimate of drug-likeness (QED) is 0.743. The third-order valence-corrected chi connectivity index (χ3v) is 6.85. The van der Waals surface area contributed by atoms with E-state index in [1.165, 1.54) is 23.8 Å². The van der Waals surface area contributed by atoms with E-state index in [-0.39, 0.29) is 10.9 Å². The molecule has 2 N–H and O–H groups in total. The fourth-order valence-electron chi connectivity index (χ4n) is 2.89. The molecule has 0 spiro atoms. The van der Waals surface area contributed by atoms with Gasteiger partial charge in [-0.2, -0.15) is 4.31 Å². The lowest BCUT2D eigenvalue weighted by atomic mass is 9.84. The van der Waals surface area contributed by atoms with E-state index in [0.717, 1.165) is 12.1 Å². The summed E-state index contributed by atoms with van der Waals surface area (Å²) in [5, 5.41) is 15.5. The molecule has 6 nitrogen and oxygen atoms in total. The van der Waals surface area contributed by atoms with Crippen molar-refractivity contribution < 1.29 is 8.42 Å². The van der Waals surface area contributed by atoms with Gasteiger partial charge >= 0.3 is 0 Å². The van der Waals surface area contributed by atoms with Crippen LogP contribution < -0.4 is 0 Å². The second-order valence-corrected chi connectivity index (χ2v) is 8.50. The first-order valence-corrected chi connectivity index (χ1v) is 9.76. The Morgan fingerprint density at radius 1 is 1.52 bits per heavy atom. The summed E-state index contributed by atoms with van der Waals surface area (Å²) in [7, 11) is -2.19. The maximum absolute atomic E-state index is 12.9. The van der Waals surface area contributed by atoms with Crippen LogP contribution in [0.5, 0.6) is 0 Å². The Kier molecular flexibility index (Phi) is 5.70. The molecule has 1 saturated carbocycles. The summed E-state index contributed by atoms with van der Waals surface area (Å²) >= 11 is 3.36. The van der Waals surface area contributed by atoms with Gasteiger partial charge in [-0.05, 0) is 47.7 Å². The average molecular weight is 401 g/mol. The molecule has 0 saturated heterocycles. The van der Waals surface area contributed by atoms with Crippen molar-refractivity contribution >= 4 is 37.9 Å². The highest BCUT2D eigenvalue weighted by atomic mass is 79.9. The Bertz CT molecular complexity index is 720. The zero-order valence-corrected chi connectivity index (χ0v) is 15.6. The van der Waals surface area contributed by atoms with Crippen molar-refractivity contribution in [3.63, 3.8) is 0 Å². The van der Waals surface area contributed by atoms with Gasteiger partial charge in [-0.25, -0.2) is 8.42 Å². The smallest absolute Gasteiger partial charge is 0.244 e. The van der Waals surface area contributed by atoms with E-state index in [0.29, 0.717) is 29.4 Å². The summed E-state index contributed by atoms with van der Waals surface area (Å²) in [6, 6.07) is 1.19. The minimum absolute atomic E-state index is 0.130. The van der Waals surface area contributed by atoms with Crippen LogP contribution in [0.15, 0.2) is 21.6 Å².